The zero-order valence-corrected chi connectivity index (χ0v) is 11.2. The highest BCUT2D eigenvalue weighted by Crippen LogP contribution is 2.38. The summed E-state index contributed by atoms with van der Waals surface area (Å²) in [7, 11) is -5.44. The molecule has 1 fully saturated rings. The third-order valence-corrected chi connectivity index (χ3v) is 3.37. The molecule has 1 saturated heterocycles. The molecule has 0 bridgehead atoms. The molecule has 1 aliphatic rings. The van der Waals surface area contributed by atoms with Gasteiger partial charge in [0.05, 0.1) is 14.4 Å². The summed E-state index contributed by atoms with van der Waals surface area (Å²) < 4.78 is 20.7. The SMILES string of the molecule is O=c1ccn([C@@H]2O[C@H](CO)[C@@H](OP(=O)([O-])[O-])[C@@H]2O)c(=O)[nH]1. The number of aromatic amines is 1. The predicted octanol–water partition coefficient (Wildman–Crippen LogP) is -4.00. The number of rotatable bonds is 4. The first-order valence-corrected chi connectivity index (χ1v) is 7.15. The zero-order valence-electron chi connectivity index (χ0n) is 10.3. The number of ether oxygens (including phenoxy) is 1. The molecule has 0 radical (unpaired) electrons. The number of H-pyrrole nitrogens is 1. The summed E-state index contributed by atoms with van der Waals surface area (Å²) >= 11 is 0. The highest BCUT2D eigenvalue weighted by molar-refractivity contribution is 7.43. The summed E-state index contributed by atoms with van der Waals surface area (Å²) in [5.41, 5.74) is -1.60. The van der Waals surface area contributed by atoms with Gasteiger partial charge in [-0.1, -0.05) is 0 Å². The highest BCUT2D eigenvalue weighted by atomic mass is 31.2. The standard InChI is InChI=1S/C9H13N2O9P/c12-3-4-7(20-21(16,17)18)6(14)8(19-4)11-2-1-5(13)10-9(11)15/h1-2,4,6-8,12,14H,3H2,(H,10,13,15)(H2,16,17,18)/p-2/t4-,6+,7-,8-/m1/s1. The van der Waals surface area contributed by atoms with Crippen molar-refractivity contribution in [2.24, 2.45) is 0 Å². The normalized spacial score (nSPS) is 29.7. The Hall–Kier alpha value is -1.33. The second-order valence-corrected chi connectivity index (χ2v) is 5.38. The fourth-order valence-corrected chi connectivity index (χ4v) is 2.56. The predicted molar refractivity (Wildman–Crippen MR) is 60.8 cm³/mol. The fourth-order valence-electron chi connectivity index (χ4n) is 2.00. The molecule has 11 nitrogen and oxygen atoms in total. The summed E-state index contributed by atoms with van der Waals surface area (Å²) in [5.74, 6) is 0. The third-order valence-electron chi connectivity index (χ3n) is 2.87. The number of phosphoric acid groups is 1. The lowest BCUT2D eigenvalue weighted by atomic mass is 10.1. The smallest absolute Gasteiger partial charge is 0.330 e. The Balaban J connectivity index is 2.33. The van der Waals surface area contributed by atoms with Crippen molar-refractivity contribution in [3.8, 4) is 0 Å². The van der Waals surface area contributed by atoms with Crippen molar-refractivity contribution < 1.29 is 33.8 Å². The van der Waals surface area contributed by atoms with Crippen LogP contribution in [0.2, 0.25) is 0 Å². The molecule has 2 rings (SSSR count). The molecule has 1 aliphatic heterocycles. The number of aromatic nitrogens is 2. The van der Waals surface area contributed by atoms with Gasteiger partial charge in [-0.3, -0.25) is 14.3 Å². The Morgan fingerprint density at radius 1 is 1.48 bits per heavy atom. The Labute approximate surface area is 116 Å². The Bertz CT molecular complexity index is 664. The molecular weight excluding hydrogens is 311 g/mol. The molecule has 118 valence electrons. The molecule has 0 saturated carbocycles. The van der Waals surface area contributed by atoms with Crippen LogP contribution < -0.4 is 21.0 Å². The summed E-state index contributed by atoms with van der Waals surface area (Å²) in [4.78, 5) is 45.7. The van der Waals surface area contributed by atoms with E-state index in [0.29, 0.717) is 0 Å². The summed E-state index contributed by atoms with van der Waals surface area (Å²) in [6, 6.07) is 0.978. The first kappa shape index (κ1) is 16.0. The van der Waals surface area contributed by atoms with E-state index in [0.717, 1.165) is 16.8 Å². The van der Waals surface area contributed by atoms with E-state index in [1.54, 1.807) is 0 Å². The van der Waals surface area contributed by atoms with Gasteiger partial charge in [-0.05, 0) is 0 Å². The fraction of sp³-hybridized carbons (Fsp3) is 0.556. The zero-order chi connectivity index (χ0) is 15.8. The van der Waals surface area contributed by atoms with Crippen LogP contribution in [0, 0.1) is 0 Å². The van der Waals surface area contributed by atoms with Gasteiger partial charge in [-0.25, -0.2) is 4.79 Å². The minimum absolute atomic E-state index is 0.682. The average Bonchev–Trinajstić information content (AvgIpc) is 2.65. The lowest BCUT2D eigenvalue weighted by Crippen LogP contribution is -2.40. The second kappa shape index (κ2) is 5.81. The van der Waals surface area contributed by atoms with Crippen molar-refractivity contribution in [3.05, 3.63) is 33.1 Å². The number of aliphatic hydroxyl groups is 2. The topological polar surface area (TPSA) is 177 Å². The molecule has 0 aromatic carbocycles. The third kappa shape index (κ3) is 3.47. The van der Waals surface area contributed by atoms with Crippen LogP contribution >= 0.6 is 7.82 Å². The van der Waals surface area contributed by atoms with Gasteiger partial charge < -0.3 is 33.8 Å². The van der Waals surface area contributed by atoms with Gasteiger partial charge in [0.2, 0.25) is 0 Å². The van der Waals surface area contributed by atoms with Gasteiger partial charge in [0, 0.05) is 12.3 Å². The summed E-state index contributed by atoms with van der Waals surface area (Å²) in [5, 5.41) is 19.0. The molecule has 0 spiro atoms. The van der Waals surface area contributed by atoms with Gasteiger partial charge >= 0.3 is 5.69 Å². The van der Waals surface area contributed by atoms with Crippen LogP contribution in [-0.2, 0) is 13.8 Å². The minimum Gasteiger partial charge on any atom is -0.790 e. The lowest BCUT2D eigenvalue weighted by molar-refractivity contribution is -0.347. The molecule has 0 amide bonds. The van der Waals surface area contributed by atoms with E-state index in [-0.39, 0.29) is 0 Å². The van der Waals surface area contributed by atoms with Crippen LogP contribution in [0.1, 0.15) is 6.23 Å². The number of aliphatic hydroxyl groups excluding tert-OH is 2. The highest BCUT2D eigenvalue weighted by Gasteiger charge is 2.46. The first-order valence-electron chi connectivity index (χ1n) is 5.69. The molecule has 0 aliphatic carbocycles. The van der Waals surface area contributed by atoms with Gasteiger partial charge in [0.1, 0.15) is 18.3 Å². The van der Waals surface area contributed by atoms with Crippen molar-refractivity contribution in [2.75, 3.05) is 6.61 Å². The van der Waals surface area contributed by atoms with E-state index < -0.39 is 50.2 Å². The largest absolute Gasteiger partial charge is 0.790 e. The molecule has 21 heavy (non-hydrogen) atoms. The van der Waals surface area contributed by atoms with Crippen LogP contribution in [0.15, 0.2) is 21.9 Å². The van der Waals surface area contributed by atoms with E-state index >= 15 is 0 Å². The summed E-state index contributed by atoms with van der Waals surface area (Å²) in [6.07, 6.45) is -5.13. The van der Waals surface area contributed by atoms with E-state index in [1.807, 2.05) is 4.98 Å². The van der Waals surface area contributed by atoms with Crippen molar-refractivity contribution in [3.63, 3.8) is 0 Å². The van der Waals surface area contributed by atoms with E-state index in [4.69, 9.17) is 9.84 Å². The quantitative estimate of drug-likeness (QED) is 0.466. The maximum Gasteiger partial charge on any atom is 0.330 e. The molecular formula is C9H11N2O9P-2. The van der Waals surface area contributed by atoms with E-state index in [9.17, 15) is 29.0 Å². The second-order valence-electron chi connectivity index (χ2n) is 4.27. The van der Waals surface area contributed by atoms with E-state index in [2.05, 4.69) is 4.52 Å². The van der Waals surface area contributed by atoms with Crippen LogP contribution in [0.4, 0.5) is 0 Å². The monoisotopic (exact) mass is 322 g/mol. The Kier molecular flexibility index (Phi) is 4.44. The number of hydrogen-bond acceptors (Lipinski definition) is 9. The molecule has 4 atom stereocenters. The van der Waals surface area contributed by atoms with Crippen LogP contribution in [-0.4, -0.2) is 44.7 Å². The van der Waals surface area contributed by atoms with Crippen LogP contribution in [0.3, 0.4) is 0 Å². The maximum atomic E-state index is 11.6. The number of nitrogens with zero attached hydrogens (tertiary/aromatic N) is 1. The maximum absolute atomic E-state index is 11.6. The van der Waals surface area contributed by atoms with E-state index in [1.165, 1.54) is 0 Å². The minimum atomic E-state index is -5.44. The van der Waals surface area contributed by atoms with Gasteiger partial charge in [-0.2, -0.15) is 0 Å². The van der Waals surface area contributed by atoms with Crippen LogP contribution in [0.5, 0.6) is 0 Å². The number of nitrogens with one attached hydrogen (secondary N) is 1. The summed E-state index contributed by atoms with van der Waals surface area (Å²) in [6.45, 7) is -0.754. The van der Waals surface area contributed by atoms with Crippen molar-refractivity contribution in [1.29, 1.82) is 0 Å². The van der Waals surface area contributed by atoms with Gasteiger partial charge in [0.25, 0.3) is 5.56 Å². The van der Waals surface area contributed by atoms with Crippen molar-refractivity contribution >= 4 is 7.82 Å². The molecule has 3 N–H and O–H groups in total. The number of phosphoric ester groups is 1. The van der Waals surface area contributed by atoms with Gasteiger partial charge in [0.15, 0.2) is 6.23 Å². The van der Waals surface area contributed by atoms with Crippen LogP contribution in [0.25, 0.3) is 0 Å². The average molecular weight is 322 g/mol. The number of hydrogen-bond donors (Lipinski definition) is 3. The van der Waals surface area contributed by atoms with Crippen molar-refractivity contribution in [1.82, 2.24) is 9.55 Å². The molecule has 1 aromatic heterocycles. The Morgan fingerprint density at radius 3 is 2.67 bits per heavy atom. The lowest BCUT2D eigenvalue weighted by Gasteiger charge is -2.34. The molecule has 0 unspecified atom stereocenters. The van der Waals surface area contributed by atoms with Gasteiger partial charge in [-0.15, -0.1) is 0 Å². The first-order chi connectivity index (χ1) is 9.73. The Morgan fingerprint density at radius 2 is 2.14 bits per heavy atom. The molecule has 2 heterocycles. The molecule has 1 aromatic rings. The molecule has 12 heteroatoms. The van der Waals surface area contributed by atoms with Crippen molar-refractivity contribution in [2.45, 2.75) is 24.5 Å².